The SMILES string of the molecule is CCCCC/C=C/C=C/CCCCCCCCC(=O)OC(CCCCC/C=C/CCCCCCCCCCC)CC(=O)NC(CO)C(O)CCCCCCCCCCCCCCCCC. The summed E-state index contributed by atoms with van der Waals surface area (Å²) in [4.78, 5) is 26.3. The second-order valence-electron chi connectivity index (χ2n) is 19.7. The molecule has 382 valence electrons. The largest absolute Gasteiger partial charge is 0.462 e. The Morgan fingerprint density at radius 2 is 0.785 bits per heavy atom. The lowest BCUT2D eigenvalue weighted by Crippen LogP contribution is -2.46. The first kappa shape index (κ1) is 63.1. The number of allylic oxidation sites excluding steroid dienone is 6. The highest BCUT2D eigenvalue weighted by Gasteiger charge is 2.24. The van der Waals surface area contributed by atoms with Crippen molar-refractivity contribution in [3.05, 3.63) is 36.5 Å². The topological polar surface area (TPSA) is 95.9 Å². The predicted molar refractivity (Wildman–Crippen MR) is 282 cm³/mol. The van der Waals surface area contributed by atoms with Crippen molar-refractivity contribution in [3.63, 3.8) is 0 Å². The van der Waals surface area contributed by atoms with E-state index in [0.717, 1.165) is 64.2 Å². The number of hydrogen-bond donors (Lipinski definition) is 3. The standard InChI is InChI=1S/C59H111NO5/c1-4-7-10-13-16-19-22-25-28-31-32-35-38-41-44-47-50-55(65-59(64)52-49-46-43-40-37-34-30-27-24-21-18-15-12-9-6-3)53-58(63)60-56(54-61)57(62)51-48-45-42-39-36-33-29-26-23-20-17-14-11-8-5-2/h18,21,24,27,32,35,55-57,61-62H,4-17,19-20,22-23,25-26,28-31,33-34,36-54H2,1-3H3,(H,60,63)/b21-18+,27-24+,35-32+. The van der Waals surface area contributed by atoms with Gasteiger partial charge in [-0.25, -0.2) is 0 Å². The monoisotopic (exact) mass is 914 g/mol. The molecule has 3 atom stereocenters. The molecule has 0 aliphatic carbocycles. The van der Waals surface area contributed by atoms with E-state index < -0.39 is 18.2 Å². The Bertz CT molecular complexity index is 1070. The third-order valence-corrected chi connectivity index (χ3v) is 13.2. The number of esters is 1. The van der Waals surface area contributed by atoms with Gasteiger partial charge in [0.1, 0.15) is 6.10 Å². The highest BCUT2D eigenvalue weighted by atomic mass is 16.5. The number of rotatable bonds is 52. The van der Waals surface area contributed by atoms with E-state index in [-0.39, 0.29) is 24.9 Å². The molecule has 65 heavy (non-hydrogen) atoms. The molecular weight excluding hydrogens is 803 g/mol. The molecule has 0 saturated heterocycles. The highest BCUT2D eigenvalue weighted by Crippen LogP contribution is 2.18. The van der Waals surface area contributed by atoms with Crippen LogP contribution >= 0.6 is 0 Å². The number of hydrogen-bond acceptors (Lipinski definition) is 5. The van der Waals surface area contributed by atoms with E-state index in [1.54, 1.807) is 0 Å². The van der Waals surface area contributed by atoms with Gasteiger partial charge in [0.05, 0.1) is 25.2 Å². The van der Waals surface area contributed by atoms with Crippen LogP contribution in [0, 0.1) is 0 Å². The van der Waals surface area contributed by atoms with Crippen LogP contribution in [-0.4, -0.2) is 46.9 Å². The number of aliphatic hydroxyl groups is 2. The second-order valence-corrected chi connectivity index (χ2v) is 19.7. The molecule has 0 bridgehead atoms. The van der Waals surface area contributed by atoms with E-state index >= 15 is 0 Å². The van der Waals surface area contributed by atoms with E-state index in [9.17, 15) is 19.8 Å². The van der Waals surface area contributed by atoms with Gasteiger partial charge in [0, 0.05) is 6.42 Å². The van der Waals surface area contributed by atoms with E-state index in [1.807, 2.05) is 0 Å². The Morgan fingerprint density at radius 1 is 0.446 bits per heavy atom. The summed E-state index contributed by atoms with van der Waals surface area (Å²) in [7, 11) is 0. The molecule has 0 aliphatic heterocycles. The fourth-order valence-corrected chi connectivity index (χ4v) is 8.83. The molecule has 0 radical (unpaired) electrons. The number of unbranched alkanes of at least 4 members (excludes halogenated alkanes) is 35. The predicted octanol–water partition coefficient (Wildman–Crippen LogP) is 17.6. The molecule has 1 amide bonds. The Kier molecular flexibility index (Phi) is 51.5. The van der Waals surface area contributed by atoms with E-state index in [1.165, 1.54) is 193 Å². The highest BCUT2D eigenvalue weighted by molar-refractivity contribution is 5.77. The molecule has 0 aromatic carbocycles. The van der Waals surface area contributed by atoms with Gasteiger partial charge in [-0.15, -0.1) is 0 Å². The zero-order valence-corrected chi connectivity index (χ0v) is 43.6. The van der Waals surface area contributed by atoms with Gasteiger partial charge in [-0.2, -0.15) is 0 Å². The average molecular weight is 915 g/mol. The van der Waals surface area contributed by atoms with Crippen LogP contribution in [0.5, 0.6) is 0 Å². The fourth-order valence-electron chi connectivity index (χ4n) is 8.83. The van der Waals surface area contributed by atoms with Gasteiger partial charge < -0.3 is 20.3 Å². The molecule has 0 rings (SSSR count). The quantitative estimate of drug-likeness (QED) is 0.0244. The molecule has 0 spiro atoms. The number of carbonyl (C=O) groups excluding carboxylic acids is 2. The first-order valence-corrected chi connectivity index (χ1v) is 28.7. The lowest BCUT2D eigenvalue weighted by molar-refractivity contribution is -0.151. The van der Waals surface area contributed by atoms with Crippen LogP contribution in [0.3, 0.4) is 0 Å². The lowest BCUT2D eigenvalue weighted by atomic mass is 10.0. The van der Waals surface area contributed by atoms with Crippen LogP contribution < -0.4 is 5.32 Å². The van der Waals surface area contributed by atoms with E-state index in [4.69, 9.17) is 4.74 Å². The summed E-state index contributed by atoms with van der Waals surface area (Å²) in [5.41, 5.74) is 0. The van der Waals surface area contributed by atoms with E-state index in [0.29, 0.717) is 19.3 Å². The minimum Gasteiger partial charge on any atom is -0.462 e. The Labute approximate surface area is 404 Å². The zero-order chi connectivity index (χ0) is 47.4. The van der Waals surface area contributed by atoms with Crippen molar-refractivity contribution < 1.29 is 24.5 Å². The fraction of sp³-hybridized carbons (Fsp3) is 0.864. The summed E-state index contributed by atoms with van der Waals surface area (Å²) in [6.45, 7) is 6.48. The van der Waals surface area contributed by atoms with Crippen molar-refractivity contribution in [3.8, 4) is 0 Å². The van der Waals surface area contributed by atoms with Crippen LogP contribution in [0.2, 0.25) is 0 Å². The Hall–Kier alpha value is -1.92. The summed E-state index contributed by atoms with van der Waals surface area (Å²) in [5.74, 6) is -0.489. The maximum atomic E-state index is 13.3. The minimum absolute atomic E-state index is 0.0651. The third-order valence-electron chi connectivity index (χ3n) is 13.2. The first-order valence-electron chi connectivity index (χ1n) is 28.7. The molecular formula is C59H111NO5. The molecule has 0 aliphatic rings. The number of ether oxygens (including phenoxy) is 1. The Morgan fingerprint density at radius 3 is 1.23 bits per heavy atom. The first-order chi connectivity index (χ1) is 32.0. The molecule has 0 heterocycles. The molecule has 6 heteroatoms. The zero-order valence-electron chi connectivity index (χ0n) is 43.6. The molecule has 0 aromatic heterocycles. The number of carbonyl (C=O) groups is 2. The van der Waals surface area contributed by atoms with Gasteiger partial charge in [-0.3, -0.25) is 9.59 Å². The average Bonchev–Trinajstić information content (AvgIpc) is 3.30. The van der Waals surface area contributed by atoms with Crippen LogP contribution in [0.1, 0.15) is 303 Å². The van der Waals surface area contributed by atoms with E-state index in [2.05, 4.69) is 62.5 Å². The van der Waals surface area contributed by atoms with Crippen LogP contribution in [0.4, 0.5) is 0 Å². The molecule has 3 N–H and O–H groups in total. The van der Waals surface area contributed by atoms with Crippen molar-refractivity contribution >= 4 is 11.9 Å². The van der Waals surface area contributed by atoms with Gasteiger partial charge in [-0.1, -0.05) is 250 Å². The summed E-state index contributed by atoms with van der Waals surface area (Å²) < 4.78 is 5.95. The van der Waals surface area contributed by atoms with Gasteiger partial charge in [0.2, 0.25) is 5.91 Å². The van der Waals surface area contributed by atoms with Gasteiger partial charge in [0.25, 0.3) is 0 Å². The number of aliphatic hydroxyl groups excluding tert-OH is 2. The minimum atomic E-state index is -0.793. The van der Waals surface area contributed by atoms with Crippen LogP contribution in [0.25, 0.3) is 0 Å². The smallest absolute Gasteiger partial charge is 0.306 e. The van der Waals surface area contributed by atoms with Crippen LogP contribution in [0.15, 0.2) is 36.5 Å². The van der Waals surface area contributed by atoms with Gasteiger partial charge in [-0.05, 0) is 77.0 Å². The summed E-state index contributed by atoms with van der Waals surface area (Å²) in [5, 5.41) is 23.9. The molecule has 0 fully saturated rings. The second kappa shape index (κ2) is 53.0. The number of amides is 1. The summed E-state index contributed by atoms with van der Waals surface area (Å²) in [6.07, 6.45) is 63.5. The Balaban J connectivity index is 4.58. The molecule has 3 unspecified atom stereocenters. The summed E-state index contributed by atoms with van der Waals surface area (Å²) in [6, 6.07) is -0.707. The molecule has 6 nitrogen and oxygen atoms in total. The van der Waals surface area contributed by atoms with Gasteiger partial charge >= 0.3 is 5.97 Å². The lowest BCUT2D eigenvalue weighted by Gasteiger charge is -2.24. The maximum Gasteiger partial charge on any atom is 0.306 e. The van der Waals surface area contributed by atoms with Crippen LogP contribution in [-0.2, 0) is 14.3 Å². The van der Waals surface area contributed by atoms with Gasteiger partial charge in [0.15, 0.2) is 0 Å². The molecule has 0 saturated carbocycles. The third kappa shape index (κ3) is 48.3. The normalized spacial score (nSPS) is 13.4. The van der Waals surface area contributed by atoms with Crippen molar-refractivity contribution in [2.24, 2.45) is 0 Å². The maximum absolute atomic E-state index is 13.3. The number of nitrogens with one attached hydrogen (secondary N) is 1. The van der Waals surface area contributed by atoms with Crippen molar-refractivity contribution in [1.82, 2.24) is 5.32 Å². The van der Waals surface area contributed by atoms with Crippen molar-refractivity contribution in [2.45, 2.75) is 322 Å². The molecule has 0 aromatic rings. The summed E-state index contributed by atoms with van der Waals surface area (Å²) >= 11 is 0. The van der Waals surface area contributed by atoms with Crippen molar-refractivity contribution in [2.75, 3.05) is 6.61 Å². The van der Waals surface area contributed by atoms with Crippen molar-refractivity contribution in [1.29, 1.82) is 0 Å².